The lowest BCUT2D eigenvalue weighted by molar-refractivity contribution is 0.0152. The molecule has 0 spiro atoms. The molecule has 27 heavy (non-hydrogen) atoms. The maximum absolute atomic E-state index is 5.52. The SMILES string of the molecule is Cc1ccc2[nH]c(CNC[C@H](c3ccccn3)N3CCOCC3)nc2c1C. The van der Waals surface area contributed by atoms with Gasteiger partial charge in [-0.15, -0.1) is 0 Å². The molecule has 4 rings (SSSR count). The van der Waals surface area contributed by atoms with Crippen LogP contribution in [0.4, 0.5) is 0 Å². The Balaban J connectivity index is 1.45. The number of morpholine rings is 1. The molecule has 0 radical (unpaired) electrons. The second kappa shape index (κ2) is 8.17. The van der Waals surface area contributed by atoms with Gasteiger partial charge >= 0.3 is 0 Å². The van der Waals surface area contributed by atoms with Crippen molar-refractivity contribution in [1.82, 2.24) is 25.2 Å². The van der Waals surface area contributed by atoms with Gasteiger partial charge in [0.05, 0.1) is 42.5 Å². The molecule has 0 saturated carbocycles. The van der Waals surface area contributed by atoms with E-state index < -0.39 is 0 Å². The fourth-order valence-corrected chi connectivity index (χ4v) is 3.66. The Morgan fingerprint density at radius 2 is 2.04 bits per heavy atom. The number of nitrogens with one attached hydrogen (secondary N) is 2. The summed E-state index contributed by atoms with van der Waals surface area (Å²) in [6, 6.07) is 10.6. The minimum Gasteiger partial charge on any atom is -0.379 e. The molecule has 2 N–H and O–H groups in total. The number of aryl methyl sites for hydroxylation is 2. The van der Waals surface area contributed by atoms with Crippen LogP contribution in [-0.4, -0.2) is 52.7 Å². The van der Waals surface area contributed by atoms with Gasteiger partial charge in [-0.3, -0.25) is 9.88 Å². The number of fused-ring (bicyclic) bond motifs is 1. The van der Waals surface area contributed by atoms with E-state index in [1.54, 1.807) is 0 Å². The lowest BCUT2D eigenvalue weighted by Gasteiger charge is -2.34. The predicted molar refractivity (Wildman–Crippen MR) is 107 cm³/mol. The molecular weight excluding hydrogens is 338 g/mol. The average molecular weight is 365 g/mol. The Hall–Kier alpha value is -2.28. The average Bonchev–Trinajstić information content (AvgIpc) is 3.13. The number of rotatable bonds is 6. The molecule has 1 aliphatic heterocycles. The lowest BCUT2D eigenvalue weighted by Crippen LogP contribution is -2.43. The number of H-pyrrole nitrogens is 1. The lowest BCUT2D eigenvalue weighted by atomic mass is 10.1. The number of nitrogens with zero attached hydrogens (tertiary/aromatic N) is 3. The van der Waals surface area contributed by atoms with Crippen LogP contribution in [0.3, 0.4) is 0 Å². The first kappa shape index (κ1) is 18.1. The molecule has 1 saturated heterocycles. The van der Waals surface area contributed by atoms with Crippen LogP contribution in [0.1, 0.15) is 28.7 Å². The molecule has 2 aromatic heterocycles. The highest BCUT2D eigenvalue weighted by Crippen LogP contribution is 2.21. The fraction of sp³-hybridized carbons (Fsp3) is 0.429. The third-order valence-electron chi connectivity index (χ3n) is 5.37. The molecule has 0 aliphatic carbocycles. The molecule has 3 heterocycles. The van der Waals surface area contributed by atoms with Gasteiger partial charge in [0.15, 0.2) is 0 Å². The largest absolute Gasteiger partial charge is 0.379 e. The van der Waals surface area contributed by atoms with E-state index in [2.05, 4.69) is 58.3 Å². The van der Waals surface area contributed by atoms with Crippen LogP contribution < -0.4 is 5.32 Å². The summed E-state index contributed by atoms with van der Waals surface area (Å²) in [7, 11) is 0. The quantitative estimate of drug-likeness (QED) is 0.703. The summed E-state index contributed by atoms with van der Waals surface area (Å²) in [5.74, 6) is 0.973. The second-order valence-electron chi connectivity index (χ2n) is 7.14. The Bertz CT molecular complexity index is 886. The summed E-state index contributed by atoms with van der Waals surface area (Å²) in [6.45, 7) is 9.23. The van der Waals surface area contributed by atoms with Crippen LogP contribution in [-0.2, 0) is 11.3 Å². The molecule has 1 atom stereocenters. The van der Waals surface area contributed by atoms with Crippen molar-refractivity contribution in [3.05, 3.63) is 59.2 Å². The van der Waals surface area contributed by atoms with E-state index in [0.29, 0.717) is 6.54 Å². The highest BCUT2D eigenvalue weighted by molar-refractivity contribution is 5.79. The van der Waals surface area contributed by atoms with Gasteiger partial charge in [0, 0.05) is 25.8 Å². The van der Waals surface area contributed by atoms with E-state index in [1.807, 2.05) is 12.3 Å². The topological polar surface area (TPSA) is 66.1 Å². The molecule has 3 aromatic rings. The Morgan fingerprint density at radius 3 is 2.81 bits per heavy atom. The van der Waals surface area contributed by atoms with Crippen LogP contribution in [0, 0.1) is 13.8 Å². The minimum absolute atomic E-state index is 0.239. The monoisotopic (exact) mass is 365 g/mol. The zero-order valence-electron chi connectivity index (χ0n) is 16.0. The first-order chi connectivity index (χ1) is 13.2. The third-order valence-corrected chi connectivity index (χ3v) is 5.37. The summed E-state index contributed by atoms with van der Waals surface area (Å²) in [4.78, 5) is 15.3. The zero-order chi connectivity index (χ0) is 18.6. The number of ether oxygens (including phenoxy) is 1. The molecular formula is C21H27N5O. The number of aromatic nitrogens is 3. The van der Waals surface area contributed by atoms with Crippen LogP contribution in [0.25, 0.3) is 11.0 Å². The van der Waals surface area contributed by atoms with Crippen LogP contribution in [0.2, 0.25) is 0 Å². The van der Waals surface area contributed by atoms with E-state index >= 15 is 0 Å². The number of hydrogen-bond acceptors (Lipinski definition) is 5. The van der Waals surface area contributed by atoms with Crippen molar-refractivity contribution in [2.24, 2.45) is 0 Å². The fourth-order valence-electron chi connectivity index (χ4n) is 3.66. The number of pyridine rings is 1. The Labute approximate surface area is 160 Å². The standard InChI is InChI=1S/C21H27N5O/c1-15-6-7-18-21(16(15)2)25-20(24-18)14-22-13-19(17-5-3-4-8-23-17)26-9-11-27-12-10-26/h3-8,19,22H,9-14H2,1-2H3,(H,24,25)/t19-/m1/s1. The summed E-state index contributed by atoms with van der Waals surface area (Å²) >= 11 is 0. The molecule has 142 valence electrons. The van der Waals surface area contributed by atoms with Gasteiger partial charge in [-0.2, -0.15) is 0 Å². The smallest absolute Gasteiger partial charge is 0.121 e. The maximum atomic E-state index is 5.52. The number of imidazole rings is 1. The van der Waals surface area contributed by atoms with Gasteiger partial charge in [0.2, 0.25) is 0 Å². The summed E-state index contributed by atoms with van der Waals surface area (Å²) in [5, 5.41) is 3.58. The molecule has 0 unspecified atom stereocenters. The van der Waals surface area contributed by atoms with Crippen LogP contribution in [0.5, 0.6) is 0 Å². The first-order valence-electron chi connectivity index (χ1n) is 9.60. The number of hydrogen-bond donors (Lipinski definition) is 2. The van der Waals surface area contributed by atoms with Gasteiger partial charge < -0.3 is 15.0 Å². The van der Waals surface area contributed by atoms with Crippen molar-refractivity contribution in [3.8, 4) is 0 Å². The highest BCUT2D eigenvalue weighted by atomic mass is 16.5. The van der Waals surface area contributed by atoms with Gasteiger partial charge in [-0.1, -0.05) is 12.1 Å². The normalized spacial score (nSPS) is 16.7. The van der Waals surface area contributed by atoms with Crippen LogP contribution in [0.15, 0.2) is 36.5 Å². The van der Waals surface area contributed by atoms with Crippen molar-refractivity contribution in [1.29, 1.82) is 0 Å². The molecule has 0 bridgehead atoms. The van der Waals surface area contributed by atoms with Gasteiger partial charge in [0.25, 0.3) is 0 Å². The van der Waals surface area contributed by atoms with E-state index in [1.165, 1.54) is 11.1 Å². The third kappa shape index (κ3) is 4.03. The highest BCUT2D eigenvalue weighted by Gasteiger charge is 2.23. The molecule has 6 nitrogen and oxygen atoms in total. The van der Waals surface area contributed by atoms with Gasteiger partial charge in [0.1, 0.15) is 5.82 Å². The predicted octanol–water partition coefficient (Wildman–Crippen LogP) is 2.74. The molecule has 6 heteroatoms. The second-order valence-corrected chi connectivity index (χ2v) is 7.14. The molecule has 1 aromatic carbocycles. The van der Waals surface area contributed by atoms with Crippen LogP contribution >= 0.6 is 0 Å². The van der Waals surface area contributed by atoms with E-state index in [4.69, 9.17) is 9.72 Å². The Morgan fingerprint density at radius 1 is 1.19 bits per heavy atom. The zero-order valence-corrected chi connectivity index (χ0v) is 16.0. The van der Waals surface area contributed by atoms with E-state index in [-0.39, 0.29) is 6.04 Å². The first-order valence-corrected chi connectivity index (χ1v) is 9.60. The summed E-state index contributed by atoms with van der Waals surface area (Å²) < 4.78 is 5.52. The summed E-state index contributed by atoms with van der Waals surface area (Å²) in [6.07, 6.45) is 1.87. The minimum atomic E-state index is 0.239. The van der Waals surface area contributed by atoms with Crippen molar-refractivity contribution in [2.45, 2.75) is 26.4 Å². The molecule has 1 aliphatic rings. The number of aromatic amines is 1. The van der Waals surface area contributed by atoms with Crippen molar-refractivity contribution in [3.63, 3.8) is 0 Å². The van der Waals surface area contributed by atoms with E-state index in [9.17, 15) is 0 Å². The summed E-state index contributed by atoms with van der Waals surface area (Å²) in [5.41, 5.74) is 5.79. The van der Waals surface area contributed by atoms with Gasteiger partial charge in [-0.25, -0.2) is 4.98 Å². The molecule has 0 amide bonds. The van der Waals surface area contributed by atoms with Crippen molar-refractivity contribution < 1.29 is 4.74 Å². The van der Waals surface area contributed by atoms with Gasteiger partial charge in [-0.05, 0) is 43.2 Å². The molecule has 1 fully saturated rings. The van der Waals surface area contributed by atoms with E-state index in [0.717, 1.165) is 55.4 Å². The number of benzene rings is 1. The van der Waals surface area contributed by atoms with Crippen molar-refractivity contribution in [2.75, 3.05) is 32.8 Å². The maximum Gasteiger partial charge on any atom is 0.121 e. The Kier molecular flexibility index (Phi) is 5.48. The van der Waals surface area contributed by atoms with Crippen molar-refractivity contribution >= 4 is 11.0 Å².